The van der Waals surface area contributed by atoms with Gasteiger partial charge in [-0.25, -0.2) is 23.4 Å². The van der Waals surface area contributed by atoms with E-state index >= 15 is 0 Å². The third kappa shape index (κ3) is 5.06. The lowest BCUT2D eigenvalue weighted by Crippen LogP contribution is -2.37. The second kappa shape index (κ2) is 10.00. The number of carbonyl (C=O) groups excluding carboxylic acids is 3. The van der Waals surface area contributed by atoms with Gasteiger partial charge >= 0.3 is 12.2 Å². The first-order valence-electron chi connectivity index (χ1n) is 10.4. The first kappa shape index (κ1) is 23.4. The molecule has 178 valence electrons. The molecule has 12 heteroatoms. The molecule has 0 spiro atoms. The molecule has 1 aromatic heterocycles. The predicted octanol–water partition coefficient (Wildman–Crippen LogP) is 4.99. The quantitative estimate of drug-likeness (QED) is 0.499. The number of nitrogens with zero attached hydrogens (tertiary/aromatic N) is 2. The van der Waals surface area contributed by atoms with Gasteiger partial charge in [-0.2, -0.15) is 0 Å². The molecule has 2 heterocycles. The van der Waals surface area contributed by atoms with Gasteiger partial charge in [-0.15, -0.1) is 0 Å². The van der Waals surface area contributed by atoms with E-state index in [0.717, 1.165) is 49.8 Å². The lowest BCUT2D eigenvalue weighted by atomic mass is 10.1. The Kier molecular flexibility index (Phi) is 6.87. The van der Waals surface area contributed by atoms with Crippen molar-refractivity contribution in [2.45, 2.75) is 19.3 Å². The molecule has 2 aromatic carbocycles. The first-order valence-corrected chi connectivity index (χ1v) is 11.2. The maximum absolute atomic E-state index is 14.4. The van der Waals surface area contributed by atoms with Gasteiger partial charge in [0, 0.05) is 18.8 Å². The van der Waals surface area contributed by atoms with Crippen LogP contribution in [0.15, 0.2) is 30.3 Å². The van der Waals surface area contributed by atoms with Gasteiger partial charge < -0.3 is 19.7 Å². The molecule has 0 atom stereocenters. The van der Waals surface area contributed by atoms with Crippen molar-refractivity contribution in [2.75, 3.05) is 30.8 Å². The molecule has 1 aliphatic rings. The van der Waals surface area contributed by atoms with Crippen LogP contribution in [0.4, 0.5) is 29.2 Å². The molecule has 0 saturated carbocycles. The number of piperidine rings is 1. The van der Waals surface area contributed by atoms with Gasteiger partial charge in [0.2, 0.25) is 0 Å². The Labute approximate surface area is 196 Å². The Balaban J connectivity index is 1.42. The van der Waals surface area contributed by atoms with E-state index in [2.05, 4.69) is 20.4 Å². The van der Waals surface area contributed by atoms with Crippen molar-refractivity contribution >= 4 is 50.5 Å². The number of carbonyl (C=O) groups is 3. The number of nitrogens with one attached hydrogen (secondary N) is 2. The van der Waals surface area contributed by atoms with E-state index in [-0.39, 0.29) is 10.7 Å². The molecule has 1 saturated heterocycles. The van der Waals surface area contributed by atoms with Crippen LogP contribution in [0.25, 0.3) is 10.2 Å². The third-order valence-electron chi connectivity index (χ3n) is 5.15. The van der Waals surface area contributed by atoms with Crippen LogP contribution >= 0.6 is 11.3 Å². The molecule has 3 aromatic rings. The number of hydrogen-bond acceptors (Lipinski definition) is 7. The fourth-order valence-electron chi connectivity index (χ4n) is 3.48. The fraction of sp³-hybridized carbons (Fsp3) is 0.273. The molecule has 4 rings (SSSR count). The number of benzene rings is 2. The zero-order valence-electron chi connectivity index (χ0n) is 18.0. The van der Waals surface area contributed by atoms with Crippen molar-refractivity contribution < 1.29 is 32.6 Å². The minimum Gasteiger partial charge on any atom is -0.491 e. The summed E-state index contributed by atoms with van der Waals surface area (Å²) in [5, 5.41) is 5.16. The highest BCUT2D eigenvalue weighted by atomic mass is 32.1. The monoisotopic (exact) mass is 490 g/mol. The molecule has 0 radical (unpaired) electrons. The second-order valence-corrected chi connectivity index (χ2v) is 8.46. The Hall–Kier alpha value is -3.80. The van der Waals surface area contributed by atoms with Gasteiger partial charge in [-0.1, -0.05) is 11.3 Å². The van der Waals surface area contributed by atoms with E-state index in [1.165, 1.54) is 4.90 Å². The summed E-state index contributed by atoms with van der Waals surface area (Å²) in [4.78, 5) is 42.3. The Morgan fingerprint density at radius 1 is 1.06 bits per heavy atom. The number of amides is 3. The van der Waals surface area contributed by atoms with E-state index in [1.807, 2.05) is 0 Å². The van der Waals surface area contributed by atoms with E-state index in [1.54, 1.807) is 18.2 Å². The highest BCUT2D eigenvalue weighted by Crippen LogP contribution is 2.30. The van der Waals surface area contributed by atoms with Crippen LogP contribution in [0.5, 0.6) is 5.75 Å². The Bertz CT molecular complexity index is 1260. The molecule has 9 nitrogen and oxygen atoms in total. The van der Waals surface area contributed by atoms with Crippen LogP contribution in [0.3, 0.4) is 0 Å². The maximum atomic E-state index is 14.4. The van der Waals surface area contributed by atoms with Crippen LogP contribution in [0.2, 0.25) is 0 Å². The number of rotatable bonds is 4. The summed E-state index contributed by atoms with van der Waals surface area (Å²) in [6.07, 6.45) is 1.14. The third-order valence-corrected chi connectivity index (χ3v) is 6.08. The molecule has 0 bridgehead atoms. The Morgan fingerprint density at radius 3 is 2.56 bits per heavy atom. The van der Waals surface area contributed by atoms with Crippen molar-refractivity contribution in [2.24, 2.45) is 0 Å². The number of anilines is 2. The molecule has 2 N–H and O–H groups in total. The van der Waals surface area contributed by atoms with Gasteiger partial charge in [0.1, 0.15) is 0 Å². The summed E-state index contributed by atoms with van der Waals surface area (Å²) in [6.45, 7) is 1.10. The van der Waals surface area contributed by atoms with Crippen molar-refractivity contribution in [1.29, 1.82) is 0 Å². The number of fused-ring (bicyclic) bond motifs is 1. The van der Waals surface area contributed by atoms with E-state index in [0.29, 0.717) is 29.0 Å². The number of hydrogen-bond donors (Lipinski definition) is 2. The highest BCUT2D eigenvalue weighted by Gasteiger charge is 2.22. The number of ether oxygens (including phenoxy) is 2. The largest absolute Gasteiger partial charge is 0.491 e. The summed E-state index contributed by atoms with van der Waals surface area (Å²) >= 11 is 1.09. The number of thiazole rings is 1. The minimum atomic E-state index is -1.11. The zero-order valence-corrected chi connectivity index (χ0v) is 18.8. The predicted molar refractivity (Wildman–Crippen MR) is 121 cm³/mol. The highest BCUT2D eigenvalue weighted by molar-refractivity contribution is 7.22. The average Bonchev–Trinajstić information content (AvgIpc) is 3.21. The summed E-state index contributed by atoms with van der Waals surface area (Å²) in [5.74, 6) is -3.47. The Morgan fingerprint density at radius 2 is 1.82 bits per heavy atom. The number of aromatic nitrogens is 1. The first-order chi connectivity index (χ1) is 16.4. The molecular weight excluding hydrogens is 470 g/mol. The smallest absolute Gasteiger partial charge is 0.422 e. The lowest BCUT2D eigenvalue weighted by Gasteiger charge is -2.25. The van der Waals surface area contributed by atoms with Crippen LogP contribution in [-0.4, -0.2) is 48.2 Å². The van der Waals surface area contributed by atoms with Gasteiger partial charge in [-0.3, -0.25) is 10.1 Å². The van der Waals surface area contributed by atoms with Gasteiger partial charge in [-0.05, 0) is 49.6 Å². The van der Waals surface area contributed by atoms with Crippen molar-refractivity contribution in [3.63, 3.8) is 0 Å². The summed E-state index contributed by atoms with van der Waals surface area (Å²) in [7, 11) is 1.10. The van der Waals surface area contributed by atoms with Gasteiger partial charge in [0.05, 0.1) is 22.9 Å². The van der Waals surface area contributed by atoms with Crippen molar-refractivity contribution in [3.05, 3.63) is 47.5 Å². The molecule has 0 aliphatic carbocycles. The zero-order chi connectivity index (χ0) is 24.2. The van der Waals surface area contributed by atoms with Crippen molar-refractivity contribution in [1.82, 2.24) is 9.88 Å². The fourth-order valence-corrected chi connectivity index (χ4v) is 4.37. The molecule has 1 fully saturated rings. The van der Waals surface area contributed by atoms with Gasteiger partial charge in [0.25, 0.3) is 5.91 Å². The standard InChI is InChI=1S/C22H20F2N4O5S/c1-32-18-14(23)7-6-13(17(18)24)19(29)25-12-5-8-15-16(11-12)34-20(26-15)27-21(30)33-22(31)28-9-3-2-4-10-28/h5-8,11H,2-4,9-10H2,1H3,(H,25,29)(H,26,27,30). The van der Waals surface area contributed by atoms with E-state index in [9.17, 15) is 23.2 Å². The van der Waals surface area contributed by atoms with Crippen LogP contribution in [0.1, 0.15) is 29.6 Å². The van der Waals surface area contributed by atoms with Crippen molar-refractivity contribution in [3.8, 4) is 5.75 Å². The molecule has 0 unspecified atom stereocenters. The SMILES string of the molecule is COc1c(F)ccc(C(=O)Nc2ccc3nc(NC(=O)OC(=O)N4CCCCC4)sc3c2)c1F. The maximum Gasteiger partial charge on any atom is 0.422 e. The summed E-state index contributed by atoms with van der Waals surface area (Å²) < 4.78 is 38.0. The van der Waals surface area contributed by atoms with E-state index in [4.69, 9.17) is 4.74 Å². The number of halogens is 2. The number of likely N-dealkylation sites (tertiary alicyclic amines) is 1. The van der Waals surface area contributed by atoms with Crippen LogP contribution in [0, 0.1) is 11.6 Å². The molecular formula is C22H20F2N4O5S. The molecule has 1 aliphatic heterocycles. The summed E-state index contributed by atoms with van der Waals surface area (Å²) in [6, 6.07) is 6.68. The van der Waals surface area contributed by atoms with Crippen LogP contribution < -0.4 is 15.4 Å². The lowest BCUT2D eigenvalue weighted by molar-refractivity contribution is 0.102. The minimum absolute atomic E-state index is 0.198. The van der Waals surface area contributed by atoms with Gasteiger partial charge in [0.15, 0.2) is 22.5 Å². The second-order valence-electron chi connectivity index (χ2n) is 7.43. The van der Waals surface area contributed by atoms with Crippen LogP contribution in [-0.2, 0) is 4.74 Å². The average molecular weight is 490 g/mol. The topological polar surface area (TPSA) is 110 Å². The molecule has 34 heavy (non-hydrogen) atoms. The summed E-state index contributed by atoms with van der Waals surface area (Å²) in [5.41, 5.74) is 0.472. The normalized spacial score (nSPS) is 13.4. The number of methoxy groups -OCH3 is 1. The molecule has 3 amide bonds. The van der Waals surface area contributed by atoms with E-state index < -0.39 is 35.5 Å².